The summed E-state index contributed by atoms with van der Waals surface area (Å²) in [5, 5.41) is 15.4. The summed E-state index contributed by atoms with van der Waals surface area (Å²) in [5.41, 5.74) is 12.9. The number of benzene rings is 2. The number of hydrogen-bond donors (Lipinski definition) is 5. The first-order valence-corrected chi connectivity index (χ1v) is 9.26. The van der Waals surface area contributed by atoms with E-state index in [1.54, 1.807) is 24.3 Å². The number of carbonyl (C=O) groups excluding carboxylic acids is 1. The van der Waals surface area contributed by atoms with Crippen molar-refractivity contribution in [3.63, 3.8) is 0 Å². The van der Waals surface area contributed by atoms with Crippen molar-refractivity contribution in [1.82, 2.24) is 10.6 Å². The molecule has 8 heteroatoms. The summed E-state index contributed by atoms with van der Waals surface area (Å²) >= 11 is 0. The molecule has 1 amide bonds. The average molecular weight is 401 g/mol. The molecule has 156 valence electrons. The summed E-state index contributed by atoms with van der Waals surface area (Å²) in [6.07, 6.45) is -0.410. The number of hydrogen-bond acceptors (Lipinski definition) is 5. The standard InChI is InChI=1S/C21H28FN5O2/c1-21(2,3)27-20(26-19(29)14-5-4-6-16(28)11-14)25-18(24)12-17(23)13-7-9-15(22)10-8-13/h4-11,17-18,28H,12,23-24H2,1-3H3,(H2,25,26,27,29). The van der Waals surface area contributed by atoms with Crippen LogP contribution in [-0.4, -0.2) is 28.7 Å². The Kier molecular flexibility index (Phi) is 7.30. The number of phenolic OH excluding ortho intramolecular Hbond substituents is 1. The fraction of sp³-hybridized carbons (Fsp3) is 0.333. The van der Waals surface area contributed by atoms with E-state index in [1.807, 2.05) is 20.8 Å². The molecule has 2 aromatic carbocycles. The Balaban J connectivity index is 2.13. The molecule has 0 radical (unpaired) electrons. The van der Waals surface area contributed by atoms with Crippen LogP contribution in [0.15, 0.2) is 53.5 Å². The van der Waals surface area contributed by atoms with E-state index in [4.69, 9.17) is 11.5 Å². The lowest BCUT2D eigenvalue weighted by atomic mass is 10.0. The lowest BCUT2D eigenvalue weighted by molar-refractivity contribution is 0.0975. The van der Waals surface area contributed by atoms with Gasteiger partial charge in [-0.05, 0) is 56.7 Å². The molecule has 0 aliphatic carbocycles. The second-order valence-corrected chi connectivity index (χ2v) is 7.82. The van der Waals surface area contributed by atoms with Gasteiger partial charge in [-0.2, -0.15) is 0 Å². The molecule has 0 aliphatic rings. The Bertz CT molecular complexity index is 862. The Labute approximate surface area is 170 Å². The number of aliphatic imine (C=N–C) groups is 1. The summed E-state index contributed by atoms with van der Waals surface area (Å²) in [7, 11) is 0. The molecule has 0 saturated heterocycles. The molecule has 7 N–H and O–H groups in total. The maximum Gasteiger partial charge on any atom is 0.258 e. The van der Waals surface area contributed by atoms with Crippen molar-refractivity contribution in [2.75, 3.05) is 0 Å². The fourth-order valence-corrected chi connectivity index (χ4v) is 2.60. The van der Waals surface area contributed by atoms with Gasteiger partial charge in [0.25, 0.3) is 5.91 Å². The lowest BCUT2D eigenvalue weighted by Gasteiger charge is -2.25. The molecule has 29 heavy (non-hydrogen) atoms. The Morgan fingerprint density at radius 3 is 2.41 bits per heavy atom. The number of rotatable bonds is 5. The molecule has 2 atom stereocenters. The number of nitrogens with zero attached hydrogens (tertiary/aromatic N) is 1. The summed E-state index contributed by atoms with van der Waals surface area (Å²) < 4.78 is 13.1. The predicted octanol–water partition coefficient (Wildman–Crippen LogP) is 2.38. The molecule has 0 saturated carbocycles. The highest BCUT2D eigenvalue weighted by Crippen LogP contribution is 2.16. The number of aromatic hydroxyl groups is 1. The van der Waals surface area contributed by atoms with Crippen molar-refractivity contribution in [3.05, 3.63) is 65.5 Å². The van der Waals surface area contributed by atoms with E-state index in [0.717, 1.165) is 5.56 Å². The summed E-state index contributed by atoms with van der Waals surface area (Å²) in [5.74, 6) is -0.590. The molecule has 2 unspecified atom stereocenters. The van der Waals surface area contributed by atoms with Gasteiger partial charge in [0.15, 0.2) is 5.96 Å². The highest BCUT2D eigenvalue weighted by Gasteiger charge is 2.18. The Morgan fingerprint density at radius 2 is 1.83 bits per heavy atom. The highest BCUT2D eigenvalue weighted by molar-refractivity contribution is 6.06. The summed E-state index contributed by atoms with van der Waals surface area (Å²) in [6.45, 7) is 5.75. The zero-order valence-corrected chi connectivity index (χ0v) is 16.8. The molecule has 0 aromatic heterocycles. The second kappa shape index (κ2) is 9.49. The Morgan fingerprint density at radius 1 is 1.17 bits per heavy atom. The van der Waals surface area contributed by atoms with Crippen molar-refractivity contribution in [2.45, 2.75) is 44.9 Å². The van der Waals surface area contributed by atoms with Crippen LogP contribution < -0.4 is 22.1 Å². The van der Waals surface area contributed by atoms with Gasteiger partial charge in [-0.15, -0.1) is 0 Å². The van der Waals surface area contributed by atoms with Crippen LogP contribution in [0.2, 0.25) is 0 Å². The molecular weight excluding hydrogens is 373 g/mol. The van der Waals surface area contributed by atoms with Crippen LogP contribution in [0.25, 0.3) is 0 Å². The van der Waals surface area contributed by atoms with Crippen LogP contribution in [0, 0.1) is 5.82 Å². The average Bonchev–Trinajstić information content (AvgIpc) is 2.60. The minimum Gasteiger partial charge on any atom is -0.508 e. The lowest BCUT2D eigenvalue weighted by Crippen LogP contribution is -2.50. The minimum atomic E-state index is -0.704. The van der Waals surface area contributed by atoms with Crippen LogP contribution >= 0.6 is 0 Å². The number of phenols is 1. The zero-order chi connectivity index (χ0) is 21.6. The van der Waals surface area contributed by atoms with E-state index in [0.29, 0.717) is 6.42 Å². The molecular formula is C21H28FN5O2. The van der Waals surface area contributed by atoms with Crippen molar-refractivity contribution in [3.8, 4) is 5.75 Å². The van der Waals surface area contributed by atoms with Crippen LogP contribution in [0.5, 0.6) is 5.75 Å². The van der Waals surface area contributed by atoms with E-state index in [1.165, 1.54) is 24.3 Å². The van der Waals surface area contributed by atoms with Gasteiger partial charge in [0.1, 0.15) is 17.7 Å². The first-order valence-electron chi connectivity index (χ1n) is 9.26. The van der Waals surface area contributed by atoms with Gasteiger partial charge >= 0.3 is 0 Å². The topological polar surface area (TPSA) is 126 Å². The molecule has 0 fully saturated rings. The smallest absolute Gasteiger partial charge is 0.258 e. The van der Waals surface area contributed by atoms with Gasteiger partial charge in [-0.1, -0.05) is 18.2 Å². The third-order valence-electron chi connectivity index (χ3n) is 3.92. The van der Waals surface area contributed by atoms with E-state index >= 15 is 0 Å². The summed E-state index contributed by atoms with van der Waals surface area (Å²) in [4.78, 5) is 16.9. The van der Waals surface area contributed by atoms with Crippen molar-refractivity contribution in [2.24, 2.45) is 16.5 Å². The number of halogens is 1. The zero-order valence-electron chi connectivity index (χ0n) is 16.8. The van der Waals surface area contributed by atoms with E-state index in [9.17, 15) is 14.3 Å². The first kappa shape index (κ1) is 22.3. The fourth-order valence-electron chi connectivity index (χ4n) is 2.60. The normalized spacial score (nSPS) is 14.2. The van der Waals surface area contributed by atoms with E-state index in [2.05, 4.69) is 15.6 Å². The molecule has 0 spiro atoms. The molecule has 2 aromatic rings. The maximum absolute atomic E-state index is 13.1. The van der Waals surface area contributed by atoms with Crippen molar-refractivity contribution >= 4 is 11.9 Å². The van der Waals surface area contributed by atoms with Gasteiger partial charge in [0, 0.05) is 23.6 Å². The maximum atomic E-state index is 13.1. The van der Waals surface area contributed by atoms with Crippen LogP contribution in [-0.2, 0) is 0 Å². The third-order valence-corrected chi connectivity index (χ3v) is 3.92. The third kappa shape index (κ3) is 7.52. The summed E-state index contributed by atoms with van der Waals surface area (Å²) in [6, 6.07) is 11.4. The number of nitrogens with one attached hydrogen (secondary N) is 2. The van der Waals surface area contributed by atoms with Crippen LogP contribution in [0.3, 0.4) is 0 Å². The van der Waals surface area contributed by atoms with E-state index in [-0.39, 0.29) is 28.6 Å². The SMILES string of the molecule is CC(C)(C)NC(=NC(N)CC(N)c1ccc(F)cc1)NC(=O)c1cccc(O)c1. The van der Waals surface area contributed by atoms with Crippen LogP contribution in [0.1, 0.15) is 49.2 Å². The monoisotopic (exact) mass is 401 g/mol. The Hall–Kier alpha value is -2.97. The van der Waals surface area contributed by atoms with Gasteiger partial charge in [-0.3, -0.25) is 10.1 Å². The van der Waals surface area contributed by atoms with Gasteiger partial charge in [0.05, 0.1) is 0 Å². The van der Waals surface area contributed by atoms with E-state index < -0.39 is 18.1 Å². The molecule has 0 aliphatic heterocycles. The molecule has 0 heterocycles. The van der Waals surface area contributed by atoms with Crippen molar-refractivity contribution < 1.29 is 14.3 Å². The minimum absolute atomic E-state index is 0.0121. The molecule has 0 bridgehead atoms. The molecule has 2 rings (SSSR count). The van der Waals surface area contributed by atoms with Gasteiger partial charge in [-0.25, -0.2) is 9.38 Å². The largest absolute Gasteiger partial charge is 0.508 e. The number of amides is 1. The second-order valence-electron chi connectivity index (χ2n) is 7.82. The highest BCUT2D eigenvalue weighted by atomic mass is 19.1. The van der Waals surface area contributed by atoms with Crippen molar-refractivity contribution in [1.29, 1.82) is 0 Å². The first-order chi connectivity index (χ1) is 13.5. The number of carbonyl (C=O) groups is 1. The van der Waals surface area contributed by atoms with Gasteiger partial charge < -0.3 is 21.9 Å². The molecule has 7 nitrogen and oxygen atoms in total. The van der Waals surface area contributed by atoms with Gasteiger partial charge in [0.2, 0.25) is 0 Å². The number of nitrogens with two attached hydrogens (primary N) is 2. The quantitative estimate of drug-likeness (QED) is 0.388. The van der Waals surface area contributed by atoms with Crippen LogP contribution in [0.4, 0.5) is 4.39 Å². The predicted molar refractivity (Wildman–Crippen MR) is 112 cm³/mol. The number of guanidine groups is 1.